The van der Waals surface area contributed by atoms with Gasteiger partial charge in [0, 0.05) is 34.8 Å². The van der Waals surface area contributed by atoms with E-state index >= 15 is 0 Å². The summed E-state index contributed by atoms with van der Waals surface area (Å²) >= 11 is 0. The molecule has 31 heavy (non-hydrogen) atoms. The molecule has 0 atom stereocenters. The van der Waals surface area contributed by atoms with Crippen molar-refractivity contribution in [1.82, 2.24) is 9.55 Å². The number of benzene rings is 1. The molecule has 6 nitrogen and oxygen atoms in total. The number of H-pyrrole nitrogens is 1. The number of rotatable bonds is 8. The van der Waals surface area contributed by atoms with E-state index in [4.69, 9.17) is 4.74 Å². The van der Waals surface area contributed by atoms with E-state index < -0.39 is 5.97 Å². The quantitative estimate of drug-likeness (QED) is 0.429. The lowest BCUT2D eigenvalue weighted by Crippen LogP contribution is -2.16. The van der Waals surface area contributed by atoms with E-state index in [1.807, 2.05) is 38.1 Å². The Bertz CT molecular complexity index is 1140. The third-order valence-corrected chi connectivity index (χ3v) is 5.67. The molecule has 1 N–H and O–H groups in total. The highest BCUT2D eigenvalue weighted by Crippen LogP contribution is 2.20. The van der Waals surface area contributed by atoms with E-state index in [1.54, 1.807) is 13.8 Å². The van der Waals surface area contributed by atoms with Crippen molar-refractivity contribution in [2.45, 2.75) is 47.6 Å². The van der Waals surface area contributed by atoms with Crippen LogP contribution in [0.4, 0.5) is 0 Å². The van der Waals surface area contributed by atoms with Gasteiger partial charge in [0.1, 0.15) is 5.69 Å². The van der Waals surface area contributed by atoms with Crippen molar-refractivity contribution < 1.29 is 19.1 Å². The van der Waals surface area contributed by atoms with Gasteiger partial charge in [-0.3, -0.25) is 9.59 Å². The Hall–Kier alpha value is -3.41. The molecular weight excluding hydrogens is 392 g/mol. The van der Waals surface area contributed by atoms with Crippen molar-refractivity contribution in [2.75, 3.05) is 6.61 Å². The lowest BCUT2D eigenvalue weighted by molar-refractivity contribution is 0.0468. The summed E-state index contributed by atoms with van der Waals surface area (Å²) in [6.45, 7) is 9.17. The van der Waals surface area contributed by atoms with Crippen LogP contribution in [0.5, 0.6) is 0 Å². The number of esters is 1. The van der Waals surface area contributed by atoms with Gasteiger partial charge in [-0.1, -0.05) is 30.3 Å². The Morgan fingerprint density at radius 2 is 1.71 bits per heavy atom. The number of ether oxygens (including phenoxy) is 1. The van der Waals surface area contributed by atoms with Crippen LogP contribution in [-0.4, -0.2) is 33.7 Å². The second-order valence-corrected chi connectivity index (χ2v) is 7.85. The summed E-state index contributed by atoms with van der Waals surface area (Å²) in [6, 6.07) is 12.0. The standard InChI is InChI=1S/C25H28N2O4/c1-15-13-21(18(4)27(15)12-11-20-9-7-6-8-10-20)22(29)14-31-25(30)24-16(2)23(19(5)28)17(3)26-24/h6-10,13,26H,11-12,14H2,1-5H3. The number of nitrogens with zero attached hydrogens (tertiary/aromatic N) is 1. The van der Waals surface area contributed by atoms with Gasteiger partial charge < -0.3 is 14.3 Å². The molecule has 0 aliphatic carbocycles. The Balaban J connectivity index is 1.68. The monoisotopic (exact) mass is 420 g/mol. The molecule has 3 aromatic rings. The van der Waals surface area contributed by atoms with Gasteiger partial charge >= 0.3 is 5.97 Å². The molecule has 0 saturated carbocycles. The van der Waals surface area contributed by atoms with Crippen LogP contribution in [0.3, 0.4) is 0 Å². The highest BCUT2D eigenvalue weighted by atomic mass is 16.5. The molecule has 0 unspecified atom stereocenters. The number of hydrogen-bond acceptors (Lipinski definition) is 4. The molecule has 0 aliphatic heterocycles. The SMILES string of the molecule is CC(=O)c1c(C)[nH]c(C(=O)OCC(=O)c2cc(C)n(CCc3ccccc3)c2C)c1C. The zero-order valence-electron chi connectivity index (χ0n) is 18.7. The maximum Gasteiger partial charge on any atom is 0.355 e. The predicted octanol–water partition coefficient (Wildman–Crippen LogP) is 4.53. The summed E-state index contributed by atoms with van der Waals surface area (Å²) in [7, 11) is 0. The van der Waals surface area contributed by atoms with Crippen LogP contribution in [-0.2, 0) is 17.7 Å². The van der Waals surface area contributed by atoms with Crippen LogP contribution >= 0.6 is 0 Å². The van der Waals surface area contributed by atoms with Crippen LogP contribution in [0.25, 0.3) is 0 Å². The average molecular weight is 421 g/mol. The summed E-state index contributed by atoms with van der Waals surface area (Å²) in [6.07, 6.45) is 0.865. The number of aromatic amines is 1. The maximum atomic E-state index is 12.8. The van der Waals surface area contributed by atoms with Crippen molar-refractivity contribution in [3.8, 4) is 0 Å². The van der Waals surface area contributed by atoms with E-state index in [0.29, 0.717) is 22.4 Å². The van der Waals surface area contributed by atoms with Gasteiger partial charge in [-0.15, -0.1) is 0 Å². The molecule has 0 aliphatic rings. The molecule has 0 radical (unpaired) electrons. The molecule has 0 saturated heterocycles. The third kappa shape index (κ3) is 4.68. The lowest BCUT2D eigenvalue weighted by atomic mass is 10.1. The minimum atomic E-state index is -0.640. The summed E-state index contributed by atoms with van der Waals surface area (Å²) in [5.74, 6) is -1.01. The molecule has 2 aromatic heterocycles. The van der Waals surface area contributed by atoms with E-state index in [1.165, 1.54) is 12.5 Å². The van der Waals surface area contributed by atoms with E-state index in [2.05, 4.69) is 21.7 Å². The summed E-state index contributed by atoms with van der Waals surface area (Å²) in [4.78, 5) is 39.9. The first kappa shape index (κ1) is 22.3. The van der Waals surface area contributed by atoms with Gasteiger partial charge in [0.25, 0.3) is 0 Å². The Labute approximate surface area is 182 Å². The number of carbonyl (C=O) groups is 3. The fourth-order valence-corrected chi connectivity index (χ4v) is 4.08. The van der Waals surface area contributed by atoms with Crippen LogP contribution in [0.15, 0.2) is 36.4 Å². The number of ketones is 2. The second-order valence-electron chi connectivity index (χ2n) is 7.85. The van der Waals surface area contributed by atoms with Crippen molar-refractivity contribution in [3.05, 3.63) is 81.4 Å². The second kappa shape index (κ2) is 9.16. The van der Waals surface area contributed by atoms with Crippen molar-refractivity contribution in [3.63, 3.8) is 0 Å². The number of carbonyl (C=O) groups excluding carboxylic acids is 3. The van der Waals surface area contributed by atoms with E-state index in [0.717, 1.165) is 24.4 Å². The normalized spacial score (nSPS) is 10.9. The topological polar surface area (TPSA) is 81.2 Å². The third-order valence-electron chi connectivity index (χ3n) is 5.67. The lowest BCUT2D eigenvalue weighted by Gasteiger charge is -2.10. The number of Topliss-reactive ketones (excluding diaryl/α,β-unsaturated/α-hetero) is 2. The van der Waals surface area contributed by atoms with Crippen molar-refractivity contribution >= 4 is 17.5 Å². The van der Waals surface area contributed by atoms with Gasteiger partial charge in [0.05, 0.1) is 0 Å². The fourth-order valence-electron chi connectivity index (χ4n) is 4.08. The summed E-state index contributed by atoms with van der Waals surface area (Å²) in [5.41, 5.74) is 5.50. The molecule has 2 heterocycles. The molecule has 3 rings (SSSR count). The van der Waals surface area contributed by atoms with E-state index in [9.17, 15) is 14.4 Å². The first-order chi connectivity index (χ1) is 14.7. The number of aryl methyl sites for hydroxylation is 3. The Kier molecular flexibility index (Phi) is 6.59. The van der Waals surface area contributed by atoms with Gasteiger partial charge in [-0.2, -0.15) is 0 Å². The number of hydrogen-bond donors (Lipinski definition) is 1. The minimum Gasteiger partial charge on any atom is -0.453 e. The van der Waals surface area contributed by atoms with Crippen LogP contribution in [0, 0.1) is 27.7 Å². The van der Waals surface area contributed by atoms with Crippen LogP contribution in [0.2, 0.25) is 0 Å². The molecule has 0 amide bonds. The molecule has 0 bridgehead atoms. The summed E-state index contributed by atoms with van der Waals surface area (Å²) < 4.78 is 7.38. The Morgan fingerprint density at radius 1 is 1.03 bits per heavy atom. The van der Waals surface area contributed by atoms with Gasteiger partial charge in [-0.05, 0) is 58.2 Å². The zero-order valence-corrected chi connectivity index (χ0v) is 18.7. The van der Waals surface area contributed by atoms with Gasteiger partial charge in [0.2, 0.25) is 5.78 Å². The predicted molar refractivity (Wildman–Crippen MR) is 119 cm³/mol. The van der Waals surface area contributed by atoms with Crippen LogP contribution < -0.4 is 0 Å². The van der Waals surface area contributed by atoms with Crippen molar-refractivity contribution in [1.29, 1.82) is 0 Å². The van der Waals surface area contributed by atoms with Gasteiger partial charge in [0.15, 0.2) is 12.4 Å². The van der Waals surface area contributed by atoms with E-state index in [-0.39, 0.29) is 23.9 Å². The smallest absolute Gasteiger partial charge is 0.355 e. The first-order valence-corrected chi connectivity index (χ1v) is 10.3. The first-order valence-electron chi connectivity index (χ1n) is 10.3. The molecule has 162 valence electrons. The van der Waals surface area contributed by atoms with Gasteiger partial charge in [-0.25, -0.2) is 4.79 Å². The summed E-state index contributed by atoms with van der Waals surface area (Å²) in [5, 5.41) is 0. The molecule has 0 spiro atoms. The maximum absolute atomic E-state index is 12.8. The molecule has 6 heteroatoms. The number of nitrogens with one attached hydrogen (secondary N) is 1. The van der Waals surface area contributed by atoms with Crippen molar-refractivity contribution in [2.24, 2.45) is 0 Å². The van der Waals surface area contributed by atoms with Crippen LogP contribution in [0.1, 0.15) is 66.3 Å². The fraction of sp³-hybridized carbons (Fsp3) is 0.320. The highest BCUT2D eigenvalue weighted by molar-refractivity contribution is 6.03. The highest BCUT2D eigenvalue weighted by Gasteiger charge is 2.23. The minimum absolute atomic E-state index is 0.121. The molecule has 1 aromatic carbocycles. The molecule has 0 fully saturated rings. The number of aromatic nitrogens is 2. The zero-order chi connectivity index (χ0) is 22.7. The average Bonchev–Trinajstić information content (AvgIpc) is 3.19. The molecular formula is C25H28N2O4. The largest absolute Gasteiger partial charge is 0.453 e. The Morgan fingerprint density at radius 3 is 2.32 bits per heavy atom.